The standard InChI is InChI=1S/C25H33NO2/c1-17-14-22(17)25(23(27)28-3)11-9-20(15-25)26-13-12-24(18(2)16-26)10-8-19-6-4-5-7-21(19)24/h4-8,10,17-18,20,22H,9,11-16H2,1-3H3/t17?,18-,20?,22?,24-,25?/m0/s1. The van der Waals surface area contributed by atoms with Crippen LogP contribution in [-0.2, 0) is 14.9 Å². The van der Waals surface area contributed by atoms with Gasteiger partial charge in [0.1, 0.15) is 0 Å². The predicted molar refractivity (Wildman–Crippen MR) is 112 cm³/mol. The maximum absolute atomic E-state index is 12.7. The van der Waals surface area contributed by atoms with Crippen molar-refractivity contribution in [2.45, 2.75) is 57.4 Å². The molecule has 5 rings (SSSR count). The molecule has 0 N–H and O–H groups in total. The minimum Gasteiger partial charge on any atom is -0.469 e. The molecule has 1 aliphatic heterocycles. The van der Waals surface area contributed by atoms with E-state index in [1.54, 1.807) is 7.11 Å². The highest BCUT2D eigenvalue weighted by Crippen LogP contribution is 2.60. The van der Waals surface area contributed by atoms with Crippen molar-refractivity contribution in [3.63, 3.8) is 0 Å². The van der Waals surface area contributed by atoms with Crippen molar-refractivity contribution in [3.8, 4) is 0 Å². The van der Waals surface area contributed by atoms with Gasteiger partial charge < -0.3 is 4.74 Å². The van der Waals surface area contributed by atoms with Crippen molar-refractivity contribution in [2.24, 2.45) is 23.2 Å². The molecule has 4 aliphatic rings. The molecule has 0 bridgehead atoms. The second kappa shape index (κ2) is 6.45. The van der Waals surface area contributed by atoms with E-state index in [1.807, 2.05) is 0 Å². The second-order valence-electron chi connectivity index (χ2n) is 9.97. The highest BCUT2D eigenvalue weighted by atomic mass is 16.5. The van der Waals surface area contributed by atoms with Crippen molar-refractivity contribution in [1.82, 2.24) is 4.90 Å². The minimum absolute atomic E-state index is 0.0542. The number of ether oxygens (including phenoxy) is 1. The van der Waals surface area contributed by atoms with Crippen LogP contribution in [0.5, 0.6) is 0 Å². The fourth-order valence-corrected chi connectivity index (χ4v) is 6.88. The van der Waals surface area contributed by atoms with Gasteiger partial charge in [0, 0.05) is 18.0 Å². The first kappa shape index (κ1) is 18.4. The first-order chi connectivity index (χ1) is 13.5. The summed E-state index contributed by atoms with van der Waals surface area (Å²) in [5.74, 6) is 1.87. The number of piperidine rings is 1. The topological polar surface area (TPSA) is 29.5 Å². The van der Waals surface area contributed by atoms with Gasteiger partial charge in [-0.25, -0.2) is 0 Å². The van der Waals surface area contributed by atoms with E-state index in [2.05, 4.69) is 55.2 Å². The number of carbonyl (C=O) groups is 1. The lowest BCUT2D eigenvalue weighted by Crippen LogP contribution is -2.50. The van der Waals surface area contributed by atoms with Crippen LogP contribution >= 0.6 is 0 Å². The van der Waals surface area contributed by atoms with Crippen LogP contribution in [0, 0.1) is 23.2 Å². The number of carbonyl (C=O) groups excluding carboxylic acids is 1. The second-order valence-corrected chi connectivity index (χ2v) is 9.97. The summed E-state index contributed by atoms with van der Waals surface area (Å²) in [7, 11) is 1.57. The van der Waals surface area contributed by atoms with Gasteiger partial charge in [-0.2, -0.15) is 0 Å². The lowest BCUT2D eigenvalue weighted by molar-refractivity contribution is -0.154. The van der Waals surface area contributed by atoms with E-state index in [1.165, 1.54) is 24.0 Å². The Morgan fingerprint density at radius 1 is 1.21 bits per heavy atom. The van der Waals surface area contributed by atoms with Gasteiger partial charge in [-0.15, -0.1) is 0 Å². The van der Waals surface area contributed by atoms with Gasteiger partial charge >= 0.3 is 5.97 Å². The summed E-state index contributed by atoms with van der Waals surface area (Å²) in [6.07, 6.45) is 10.3. The number of nitrogens with zero attached hydrogens (tertiary/aromatic N) is 1. The van der Waals surface area contributed by atoms with E-state index < -0.39 is 0 Å². The van der Waals surface area contributed by atoms with Gasteiger partial charge in [0.2, 0.25) is 0 Å². The molecule has 28 heavy (non-hydrogen) atoms. The van der Waals surface area contributed by atoms with Crippen LogP contribution in [0.25, 0.3) is 6.08 Å². The van der Waals surface area contributed by atoms with Crippen molar-refractivity contribution in [2.75, 3.05) is 20.2 Å². The fraction of sp³-hybridized carbons (Fsp3) is 0.640. The molecule has 1 aromatic carbocycles. The molecule has 1 heterocycles. The van der Waals surface area contributed by atoms with Crippen LogP contribution in [0.4, 0.5) is 0 Å². The smallest absolute Gasteiger partial charge is 0.312 e. The summed E-state index contributed by atoms with van der Waals surface area (Å²) in [6, 6.07) is 9.44. The third-order valence-electron chi connectivity index (χ3n) is 8.67. The highest BCUT2D eigenvalue weighted by molar-refractivity contribution is 5.78. The number of hydrogen-bond acceptors (Lipinski definition) is 3. The summed E-state index contributed by atoms with van der Waals surface area (Å²) < 4.78 is 5.29. The fourth-order valence-electron chi connectivity index (χ4n) is 6.88. The van der Waals surface area contributed by atoms with Crippen LogP contribution in [0.3, 0.4) is 0 Å². The SMILES string of the molecule is COC(=O)C1(C2CC2C)CCC(N2CC[C@@]3(C=Cc4ccccc43)[C@@H](C)C2)C1. The molecule has 0 amide bonds. The zero-order valence-electron chi connectivity index (χ0n) is 17.5. The van der Waals surface area contributed by atoms with E-state index in [0.717, 1.165) is 32.4 Å². The molecule has 1 aromatic rings. The molecule has 3 heteroatoms. The molecule has 0 radical (unpaired) electrons. The Morgan fingerprint density at radius 2 is 2.00 bits per heavy atom. The van der Waals surface area contributed by atoms with Crippen LogP contribution in [0.1, 0.15) is 57.1 Å². The number of methoxy groups -OCH3 is 1. The number of hydrogen-bond donors (Lipinski definition) is 0. The number of likely N-dealkylation sites (tertiary alicyclic amines) is 1. The molecule has 2 saturated carbocycles. The predicted octanol–water partition coefficient (Wildman–Crippen LogP) is 4.66. The van der Waals surface area contributed by atoms with Crippen LogP contribution in [-0.4, -0.2) is 37.1 Å². The summed E-state index contributed by atoms with van der Waals surface area (Å²) in [5.41, 5.74) is 2.91. The average Bonchev–Trinajstić information content (AvgIpc) is 3.15. The van der Waals surface area contributed by atoms with Crippen molar-refractivity contribution in [1.29, 1.82) is 0 Å². The third-order valence-corrected chi connectivity index (χ3v) is 8.67. The number of fused-ring (bicyclic) bond motifs is 2. The normalized spacial score (nSPS) is 42.0. The van der Waals surface area contributed by atoms with E-state index in [-0.39, 0.29) is 16.8 Å². The average molecular weight is 380 g/mol. The van der Waals surface area contributed by atoms with Gasteiger partial charge in [-0.05, 0) is 67.5 Å². The monoisotopic (exact) mass is 379 g/mol. The van der Waals surface area contributed by atoms with Crippen molar-refractivity contribution < 1.29 is 9.53 Å². The maximum Gasteiger partial charge on any atom is 0.312 e. The van der Waals surface area contributed by atoms with Gasteiger partial charge in [-0.1, -0.05) is 50.3 Å². The van der Waals surface area contributed by atoms with Gasteiger partial charge in [-0.3, -0.25) is 9.69 Å². The molecule has 0 aromatic heterocycles. The number of allylic oxidation sites excluding steroid dienone is 1. The molecule has 1 saturated heterocycles. The lowest BCUT2D eigenvalue weighted by atomic mass is 9.67. The first-order valence-electron chi connectivity index (χ1n) is 11.1. The first-order valence-corrected chi connectivity index (χ1v) is 11.1. The number of rotatable bonds is 3. The van der Waals surface area contributed by atoms with Crippen molar-refractivity contribution in [3.05, 3.63) is 41.5 Å². The maximum atomic E-state index is 12.7. The quantitative estimate of drug-likeness (QED) is 0.715. The third kappa shape index (κ3) is 2.55. The molecule has 4 unspecified atom stereocenters. The van der Waals surface area contributed by atoms with E-state index >= 15 is 0 Å². The Labute approximate surface area is 169 Å². The van der Waals surface area contributed by atoms with E-state index in [0.29, 0.717) is 23.8 Å². The molecule has 3 fully saturated rings. The van der Waals surface area contributed by atoms with Crippen LogP contribution < -0.4 is 0 Å². The highest BCUT2D eigenvalue weighted by Gasteiger charge is 2.59. The Bertz CT molecular complexity index is 817. The summed E-state index contributed by atoms with van der Waals surface area (Å²) in [4.78, 5) is 15.4. The minimum atomic E-state index is -0.211. The zero-order chi connectivity index (χ0) is 19.5. The molecule has 150 valence electrons. The Kier molecular flexibility index (Phi) is 4.24. The lowest BCUT2D eigenvalue weighted by Gasteiger charge is -2.46. The Balaban J connectivity index is 1.33. The Hall–Kier alpha value is -1.61. The Morgan fingerprint density at radius 3 is 2.71 bits per heavy atom. The van der Waals surface area contributed by atoms with E-state index in [4.69, 9.17) is 4.74 Å². The van der Waals surface area contributed by atoms with Gasteiger partial charge in [0.05, 0.1) is 12.5 Å². The van der Waals surface area contributed by atoms with Gasteiger partial charge in [0.15, 0.2) is 0 Å². The molecule has 3 nitrogen and oxygen atoms in total. The number of benzene rings is 1. The van der Waals surface area contributed by atoms with Crippen LogP contribution in [0.15, 0.2) is 30.3 Å². The molecule has 3 aliphatic carbocycles. The molecule has 6 atom stereocenters. The van der Waals surface area contributed by atoms with E-state index in [9.17, 15) is 4.79 Å². The van der Waals surface area contributed by atoms with Gasteiger partial charge in [0.25, 0.3) is 0 Å². The van der Waals surface area contributed by atoms with Crippen molar-refractivity contribution >= 4 is 12.0 Å². The largest absolute Gasteiger partial charge is 0.469 e. The molecular formula is C25H33NO2. The molecule has 1 spiro atoms. The number of esters is 1. The zero-order valence-corrected chi connectivity index (χ0v) is 17.5. The summed E-state index contributed by atoms with van der Waals surface area (Å²) in [5, 5.41) is 0. The summed E-state index contributed by atoms with van der Waals surface area (Å²) >= 11 is 0. The molecular weight excluding hydrogens is 346 g/mol. The van der Waals surface area contributed by atoms with Crippen LogP contribution in [0.2, 0.25) is 0 Å². The summed E-state index contributed by atoms with van der Waals surface area (Å²) in [6.45, 7) is 6.97.